The molecular weight excluding hydrogens is 733 g/mol. The van der Waals surface area contributed by atoms with E-state index in [9.17, 15) is 40.5 Å². The molecule has 0 saturated carbocycles. The van der Waals surface area contributed by atoms with Gasteiger partial charge in [-0.3, -0.25) is 40.5 Å². The van der Waals surface area contributed by atoms with Gasteiger partial charge in [0, 0.05) is 57.9 Å². The van der Waals surface area contributed by atoms with Crippen LogP contribution in [0.4, 0.5) is 45.5 Å². The lowest BCUT2D eigenvalue weighted by molar-refractivity contribution is -0.394. The number of nitro benzene ring substituents is 4. The molecule has 0 spiro atoms. The SMILES string of the molecule is CN1c2ccccc2Sc2ccccc21.CN1c2ccccc2Sc2ccccc21.O=[N+]([O-])c1cccc([N+](=O)[O-])c1.O=[N+]([O-])c1cccc([N+](=O)[O-])c1. The van der Waals surface area contributed by atoms with E-state index in [2.05, 4.69) is 121 Å². The molecule has 0 N–H and O–H groups in total. The first-order valence-electron chi connectivity index (χ1n) is 15.9. The average molecular weight is 763 g/mol. The molecule has 0 amide bonds. The van der Waals surface area contributed by atoms with Gasteiger partial charge >= 0.3 is 0 Å². The number of nitro groups is 4. The highest BCUT2D eigenvalue weighted by atomic mass is 32.2. The highest BCUT2D eigenvalue weighted by Gasteiger charge is 2.20. The fourth-order valence-electron chi connectivity index (χ4n) is 5.22. The molecule has 0 radical (unpaired) electrons. The van der Waals surface area contributed by atoms with Crippen LogP contribution in [-0.4, -0.2) is 33.8 Å². The van der Waals surface area contributed by atoms with Crippen LogP contribution < -0.4 is 9.80 Å². The number of rotatable bonds is 4. The van der Waals surface area contributed by atoms with Crippen molar-refractivity contribution in [2.24, 2.45) is 0 Å². The fourth-order valence-corrected chi connectivity index (χ4v) is 7.52. The van der Waals surface area contributed by atoms with Gasteiger partial charge in [0.05, 0.1) is 54.6 Å². The van der Waals surface area contributed by atoms with Crippen LogP contribution in [0, 0.1) is 40.5 Å². The quantitative estimate of drug-likeness (QED) is 0.123. The van der Waals surface area contributed by atoms with E-state index < -0.39 is 19.7 Å². The molecule has 0 unspecified atom stereocenters. The Morgan fingerprint density at radius 1 is 0.370 bits per heavy atom. The second-order valence-corrected chi connectivity index (χ2v) is 13.4. The van der Waals surface area contributed by atoms with E-state index in [4.69, 9.17) is 0 Å². The molecule has 2 heterocycles. The molecule has 0 atom stereocenters. The lowest BCUT2D eigenvalue weighted by Gasteiger charge is -2.29. The van der Waals surface area contributed by atoms with E-state index in [-0.39, 0.29) is 22.7 Å². The van der Waals surface area contributed by atoms with Crippen molar-refractivity contribution in [2.75, 3.05) is 23.9 Å². The van der Waals surface area contributed by atoms with Crippen molar-refractivity contribution in [1.29, 1.82) is 0 Å². The maximum atomic E-state index is 10.2. The number of fused-ring (bicyclic) bond motifs is 4. The topological polar surface area (TPSA) is 179 Å². The Morgan fingerprint density at radius 3 is 0.815 bits per heavy atom. The summed E-state index contributed by atoms with van der Waals surface area (Å²) in [6.45, 7) is 0. The molecule has 6 aromatic carbocycles. The van der Waals surface area contributed by atoms with E-state index >= 15 is 0 Å². The minimum absolute atomic E-state index is 0.274. The molecule has 6 aromatic rings. The number of hydrogen-bond donors (Lipinski definition) is 0. The van der Waals surface area contributed by atoms with Crippen molar-refractivity contribution >= 4 is 69.0 Å². The van der Waals surface area contributed by atoms with Crippen molar-refractivity contribution in [3.05, 3.63) is 186 Å². The highest BCUT2D eigenvalue weighted by Crippen LogP contribution is 2.48. The first-order valence-corrected chi connectivity index (χ1v) is 17.5. The molecular formula is C38H30N6O8S2. The van der Waals surface area contributed by atoms with Gasteiger partial charge in [0.2, 0.25) is 0 Å². The summed E-state index contributed by atoms with van der Waals surface area (Å²) in [6, 6.07) is 43.3. The van der Waals surface area contributed by atoms with Crippen molar-refractivity contribution in [3.63, 3.8) is 0 Å². The molecule has 0 fully saturated rings. The Balaban J connectivity index is 0.000000140. The molecule has 0 aromatic heterocycles. The zero-order chi connectivity index (χ0) is 38.8. The lowest BCUT2D eigenvalue weighted by Crippen LogP contribution is -2.14. The minimum atomic E-state index is -0.674. The molecule has 2 aliphatic rings. The summed E-state index contributed by atoms with van der Waals surface area (Å²) in [6.07, 6.45) is 0. The van der Waals surface area contributed by atoms with Gasteiger partial charge in [0.15, 0.2) is 0 Å². The van der Waals surface area contributed by atoms with Crippen LogP contribution in [0.25, 0.3) is 0 Å². The predicted molar refractivity (Wildman–Crippen MR) is 210 cm³/mol. The summed E-state index contributed by atoms with van der Waals surface area (Å²) in [4.78, 5) is 47.8. The normalized spacial score (nSPS) is 11.5. The van der Waals surface area contributed by atoms with Crippen LogP contribution >= 0.6 is 23.5 Å². The van der Waals surface area contributed by atoms with E-state index in [1.54, 1.807) is 0 Å². The van der Waals surface area contributed by atoms with Crippen LogP contribution in [0.15, 0.2) is 165 Å². The van der Waals surface area contributed by atoms with Crippen molar-refractivity contribution in [3.8, 4) is 0 Å². The fraction of sp³-hybridized carbons (Fsp3) is 0.0526. The number of hydrogen-bond acceptors (Lipinski definition) is 12. The van der Waals surface area contributed by atoms with E-state index in [0.717, 1.165) is 12.1 Å². The first-order chi connectivity index (χ1) is 25.9. The molecule has 0 bridgehead atoms. The van der Waals surface area contributed by atoms with E-state index in [1.165, 1.54) is 78.7 Å². The van der Waals surface area contributed by atoms with E-state index in [0.29, 0.717) is 0 Å². The van der Waals surface area contributed by atoms with Crippen LogP contribution in [0.1, 0.15) is 0 Å². The standard InChI is InChI=1S/2C13H11NS.2C6H4N2O4/c2*1-14-10-6-2-4-8-12(10)15-13-9-5-3-7-11(13)14;2*9-7(10)5-2-1-3-6(4-5)8(11)12/h2*2-9H,1H3;2*1-4H. The second kappa shape index (κ2) is 17.6. The smallest absolute Gasteiger partial charge is 0.276 e. The maximum Gasteiger partial charge on any atom is 0.276 e. The average Bonchev–Trinajstić information content (AvgIpc) is 3.19. The zero-order valence-corrected chi connectivity index (χ0v) is 30.3. The van der Waals surface area contributed by atoms with Crippen LogP contribution in [0.3, 0.4) is 0 Å². The molecule has 272 valence electrons. The van der Waals surface area contributed by atoms with Crippen molar-refractivity contribution in [2.45, 2.75) is 19.6 Å². The number of para-hydroxylation sites is 4. The van der Waals surface area contributed by atoms with Crippen molar-refractivity contribution < 1.29 is 19.7 Å². The highest BCUT2D eigenvalue weighted by molar-refractivity contribution is 8.00. The Labute approximate surface area is 317 Å². The summed E-state index contributed by atoms with van der Waals surface area (Å²) in [5.41, 5.74) is 4.08. The molecule has 16 heteroatoms. The minimum Gasteiger partial charge on any atom is -0.343 e. The Morgan fingerprint density at radius 2 is 0.593 bits per heavy atom. The van der Waals surface area contributed by atoms with Gasteiger partial charge < -0.3 is 9.80 Å². The van der Waals surface area contributed by atoms with E-state index in [1.807, 2.05) is 23.5 Å². The summed E-state index contributed by atoms with van der Waals surface area (Å²) in [7, 11) is 4.24. The molecule has 8 rings (SSSR count). The Hall–Kier alpha value is -6.78. The Kier molecular flexibility index (Phi) is 12.6. The number of nitrogens with zero attached hydrogens (tertiary/aromatic N) is 6. The van der Waals surface area contributed by atoms with Gasteiger partial charge in [-0.1, -0.05) is 72.1 Å². The zero-order valence-electron chi connectivity index (χ0n) is 28.6. The molecule has 54 heavy (non-hydrogen) atoms. The summed E-state index contributed by atoms with van der Waals surface area (Å²) in [5, 5.41) is 40.6. The van der Waals surface area contributed by atoms with Crippen LogP contribution in [-0.2, 0) is 0 Å². The largest absolute Gasteiger partial charge is 0.343 e. The molecule has 0 saturated heterocycles. The van der Waals surface area contributed by atoms with Crippen LogP contribution in [0.5, 0.6) is 0 Å². The predicted octanol–water partition coefficient (Wildman–Crippen LogP) is 10.8. The third kappa shape index (κ3) is 9.36. The van der Waals surface area contributed by atoms with Gasteiger partial charge in [-0.05, 0) is 60.7 Å². The number of anilines is 4. The van der Waals surface area contributed by atoms with Gasteiger partial charge in [-0.15, -0.1) is 0 Å². The molecule has 0 aliphatic carbocycles. The van der Waals surface area contributed by atoms with Gasteiger partial charge in [0.25, 0.3) is 22.7 Å². The summed E-state index contributed by atoms with van der Waals surface area (Å²) in [5.74, 6) is 0. The third-order valence-corrected chi connectivity index (χ3v) is 10.1. The second-order valence-electron chi connectivity index (χ2n) is 11.3. The number of non-ortho nitro benzene ring substituents is 4. The summed E-state index contributed by atoms with van der Waals surface area (Å²) >= 11 is 3.69. The van der Waals surface area contributed by atoms with Gasteiger partial charge in [-0.25, -0.2) is 0 Å². The number of benzene rings is 6. The first kappa shape index (κ1) is 38.5. The molecule has 2 aliphatic heterocycles. The summed E-state index contributed by atoms with van der Waals surface area (Å²) < 4.78 is 0. The lowest BCUT2D eigenvalue weighted by atomic mass is 10.2. The molecule has 14 nitrogen and oxygen atoms in total. The monoisotopic (exact) mass is 762 g/mol. The van der Waals surface area contributed by atoms with Crippen molar-refractivity contribution in [1.82, 2.24) is 0 Å². The Bertz CT molecular complexity index is 2030. The third-order valence-electron chi connectivity index (χ3n) is 7.85. The maximum absolute atomic E-state index is 10.2. The van der Waals surface area contributed by atoms with Crippen LogP contribution in [0.2, 0.25) is 0 Å². The van der Waals surface area contributed by atoms with Gasteiger partial charge in [-0.2, -0.15) is 0 Å². The van der Waals surface area contributed by atoms with Gasteiger partial charge in [0.1, 0.15) is 0 Å².